The summed E-state index contributed by atoms with van der Waals surface area (Å²) >= 11 is 1.99. The number of methoxy groups -OCH3 is 1. The molecule has 1 saturated heterocycles. The number of hydrogen-bond acceptors (Lipinski definition) is 6. The van der Waals surface area contributed by atoms with E-state index >= 15 is 0 Å². The zero-order valence-electron chi connectivity index (χ0n) is 18.2. The van der Waals surface area contributed by atoms with Gasteiger partial charge in [-0.3, -0.25) is 14.8 Å². The summed E-state index contributed by atoms with van der Waals surface area (Å²) in [5.74, 6) is 0.0108. The number of carboxylic acid groups (broad SMARTS) is 1. The molecule has 1 aromatic heterocycles. The molecule has 1 aliphatic rings. The van der Waals surface area contributed by atoms with Crippen molar-refractivity contribution in [2.24, 2.45) is 0 Å². The highest BCUT2D eigenvalue weighted by atomic mass is 32.2. The van der Waals surface area contributed by atoms with Crippen molar-refractivity contribution in [2.45, 2.75) is 12.7 Å². The number of nitrogens with zero attached hydrogens (tertiary/aromatic N) is 2. The molecule has 0 bridgehead atoms. The van der Waals surface area contributed by atoms with Crippen LogP contribution in [0.15, 0.2) is 42.5 Å². The summed E-state index contributed by atoms with van der Waals surface area (Å²) < 4.78 is 37.1. The van der Waals surface area contributed by atoms with E-state index in [0.29, 0.717) is 11.4 Å². The first-order valence-electron chi connectivity index (χ1n) is 10.2. The Bertz CT molecular complexity index is 1150. The van der Waals surface area contributed by atoms with E-state index in [4.69, 9.17) is 14.6 Å². The maximum atomic E-state index is 12.9. The number of para-hydroxylation sites is 2. The van der Waals surface area contributed by atoms with E-state index in [-0.39, 0.29) is 5.91 Å². The van der Waals surface area contributed by atoms with E-state index in [1.54, 1.807) is 7.11 Å². The van der Waals surface area contributed by atoms with E-state index in [2.05, 4.69) is 26.5 Å². The molecule has 1 fully saturated rings. The van der Waals surface area contributed by atoms with Crippen LogP contribution in [0.5, 0.6) is 5.75 Å². The molecule has 3 aromatic rings. The maximum Gasteiger partial charge on any atom is 0.490 e. The Morgan fingerprint density at radius 2 is 1.85 bits per heavy atom. The number of halogens is 3. The summed E-state index contributed by atoms with van der Waals surface area (Å²) in [6.45, 7) is 3.00. The molecule has 8 nitrogen and oxygen atoms in total. The van der Waals surface area contributed by atoms with Crippen LogP contribution in [0, 0.1) is 0 Å². The fourth-order valence-electron chi connectivity index (χ4n) is 3.32. The minimum atomic E-state index is -5.08. The first-order chi connectivity index (χ1) is 16.2. The first-order valence-corrected chi connectivity index (χ1v) is 11.4. The van der Waals surface area contributed by atoms with Gasteiger partial charge in [-0.05, 0) is 17.7 Å². The van der Waals surface area contributed by atoms with E-state index in [1.165, 1.54) is 0 Å². The van der Waals surface area contributed by atoms with Gasteiger partial charge in [0.1, 0.15) is 11.3 Å². The molecule has 4 rings (SSSR count). The number of aromatic amines is 1. The second-order valence-corrected chi connectivity index (χ2v) is 8.48. The molecule has 1 aliphatic heterocycles. The number of fused-ring (bicyclic) bond motifs is 1. The summed E-state index contributed by atoms with van der Waals surface area (Å²) in [4.78, 5) is 24.2. The zero-order chi connectivity index (χ0) is 24.7. The molecule has 2 heterocycles. The van der Waals surface area contributed by atoms with Crippen LogP contribution in [0.4, 0.5) is 18.9 Å². The SMILES string of the molecule is COc1cccc2c(C(=O)Nc3ccccc3CN3CCSCC3)n[nH]c12.O=C(O)C(F)(F)F. The fraction of sp³-hybridized carbons (Fsp3) is 0.318. The van der Waals surface area contributed by atoms with Crippen LogP contribution >= 0.6 is 11.8 Å². The number of carbonyl (C=O) groups is 2. The highest BCUT2D eigenvalue weighted by molar-refractivity contribution is 7.99. The summed E-state index contributed by atoms with van der Waals surface area (Å²) in [6.07, 6.45) is -5.08. The lowest BCUT2D eigenvalue weighted by atomic mass is 10.1. The highest BCUT2D eigenvalue weighted by Gasteiger charge is 2.38. The Morgan fingerprint density at radius 1 is 1.18 bits per heavy atom. The van der Waals surface area contributed by atoms with Crippen LogP contribution < -0.4 is 10.1 Å². The van der Waals surface area contributed by atoms with Gasteiger partial charge in [-0.1, -0.05) is 30.3 Å². The van der Waals surface area contributed by atoms with E-state index in [1.807, 2.05) is 48.2 Å². The smallest absolute Gasteiger partial charge is 0.490 e. The molecule has 0 radical (unpaired) electrons. The standard InChI is InChI=1S/C20H22N4O2S.C2HF3O2/c1-26-17-8-4-6-15-18(17)22-23-19(15)20(25)21-16-7-3-2-5-14(16)13-24-9-11-27-12-10-24;3-2(4,5)1(6)7/h2-8H,9-13H2,1H3,(H,21,25)(H,22,23);(H,6,7). The van der Waals surface area contributed by atoms with Crippen LogP contribution in [0.1, 0.15) is 16.1 Å². The van der Waals surface area contributed by atoms with Crippen molar-refractivity contribution in [3.05, 3.63) is 53.7 Å². The Kier molecular flexibility index (Phi) is 8.40. The fourth-order valence-corrected chi connectivity index (χ4v) is 4.30. The molecular formula is C22H23F3N4O4S. The number of carboxylic acids is 1. The molecule has 2 aromatic carbocycles. The Labute approximate surface area is 197 Å². The lowest BCUT2D eigenvalue weighted by Crippen LogP contribution is -2.32. The van der Waals surface area contributed by atoms with Crippen molar-refractivity contribution in [1.29, 1.82) is 0 Å². The van der Waals surface area contributed by atoms with Gasteiger partial charge in [0.15, 0.2) is 5.69 Å². The summed E-state index contributed by atoms with van der Waals surface area (Å²) in [5.41, 5.74) is 3.05. The third-order valence-electron chi connectivity index (χ3n) is 5.00. The number of aliphatic carboxylic acids is 1. The topological polar surface area (TPSA) is 108 Å². The minimum absolute atomic E-state index is 0.226. The van der Waals surface area contributed by atoms with Crippen LogP contribution in [0.2, 0.25) is 0 Å². The third-order valence-corrected chi connectivity index (χ3v) is 5.94. The van der Waals surface area contributed by atoms with Crippen LogP contribution in [0.25, 0.3) is 10.9 Å². The number of thioether (sulfide) groups is 1. The normalized spacial score (nSPS) is 14.2. The van der Waals surface area contributed by atoms with Gasteiger partial charge in [0.2, 0.25) is 0 Å². The van der Waals surface area contributed by atoms with Gasteiger partial charge in [0.25, 0.3) is 5.91 Å². The molecular weight excluding hydrogens is 473 g/mol. The van der Waals surface area contributed by atoms with Crippen molar-refractivity contribution in [3.8, 4) is 5.75 Å². The monoisotopic (exact) mass is 496 g/mol. The molecule has 12 heteroatoms. The number of alkyl halides is 3. The number of carbonyl (C=O) groups excluding carboxylic acids is 1. The number of anilines is 1. The number of ether oxygens (including phenoxy) is 1. The molecule has 0 atom stereocenters. The van der Waals surface area contributed by atoms with Gasteiger partial charge >= 0.3 is 12.1 Å². The third kappa shape index (κ3) is 6.41. The van der Waals surface area contributed by atoms with Gasteiger partial charge in [0.05, 0.1) is 7.11 Å². The average Bonchev–Trinajstić information content (AvgIpc) is 3.25. The van der Waals surface area contributed by atoms with Gasteiger partial charge in [-0.25, -0.2) is 4.79 Å². The Morgan fingerprint density at radius 3 is 2.50 bits per heavy atom. The van der Waals surface area contributed by atoms with Crippen LogP contribution in [0.3, 0.4) is 0 Å². The summed E-state index contributed by atoms with van der Waals surface area (Å²) in [5, 5.41) is 18.0. The molecule has 0 unspecified atom stereocenters. The predicted molar refractivity (Wildman–Crippen MR) is 123 cm³/mol. The summed E-state index contributed by atoms with van der Waals surface area (Å²) in [7, 11) is 1.60. The zero-order valence-corrected chi connectivity index (χ0v) is 19.0. The van der Waals surface area contributed by atoms with Gasteiger partial charge < -0.3 is 15.2 Å². The molecule has 3 N–H and O–H groups in total. The lowest BCUT2D eigenvalue weighted by Gasteiger charge is -2.27. The molecule has 0 aliphatic carbocycles. The summed E-state index contributed by atoms with van der Waals surface area (Å²) in [6, 6.07) is 13.5. The van der Waals surface area contributed by atoms with Gasteiger partial charge in [-0.2, -0.15) is 30.0 Å². The molecule has 0 spiro atoms. The molecule has 1 amide bonds. The molecule has 182 valence electrons. The number of amides is 1. The van der Waals surface area contributed by atoms with Gasteiger partial charge in [-0.15, -0.1) is 0 Å². The van der Waals surface area contributed by atoms with Gasteiger partial charge in [0, 0.05) is 42.2 Å². The number of H-pyrrole nitrogens is 1. The number of benzene rings is 2. The number of hydrogen-bond donors (Lipinski definition) is 3. The van der Waals surface area contributed by atoms with Crippen LogP contribution in [-0.4, -0.2) is 70.0 Å². The number of nitrogens with one attached hydrogen (secondary N) is 2. The second-order valence-electron chi connectivity index (χ2n) is 7.26. The number of rotatable bonds is 5. The van der Waals surface area contributed by atoms with Crippen molar-refractivity contribution in [1.82, 2.24) is 15.1 Å². The van der Waals surface area contributed by atoms with E-state index in [0.717, 1.165) is 53.3 Å². The molecule has 0 saturated carbocycles. The van der Waals surface area contributed by atoms with Crippen LogP contribution in [-0.2, 0) is 11.3 Å². The van der Waals surface area contributed by atoms with Crippen molar-refractivity contribution < 1.29 is 32.6 Å². The Hall–Kier alpha value is -3.25. The maximum absolute atomic E-state index is 12.9. The predicted octanol–water partition coefficient (Wildman–Crippen LogP) is 4.01. The minimum Gasteiger partial charge on any atom is -0.494 e. The van der Waals surface area contributed by atoms with E-state index in [9.17, 15) is 18.0 Å². The quantitative estimate of drug-likeness (QED) is 0.490. The van der Waals surface area contributed by atoms with Crippen molar-refractivity contribution in [2.75, 3.05) is 37.0 Å². The Balaban J connectivity index is 0.000000406. The number of aromatic nitrogens is 2. The highest BCUT2D eigenvalue weighted by Crippen LogP contribution is 2.26. The first kappa shape index (κ1) is 25.4. The van der Waals surface area contributed by atoms with E-state index < -0.39 is 12.1 Å². The lowest BCUT2D eigenvalue weighted by molar-refractivity contribution is -0.192. The largest absolute Gasteiger partial charge is 0.494 e. The second kappa shape index (κ2) is 11.3. The van der Waals surface area contributed by atoms with Crippen molar-refractivity contribution >= 4 is 40.2 Å². The van der Waals surface area contributed by atoms with Crippen molar-refractivity contribution in [3.63, 3.8) is 0 Å². The average molecular weight is 497 g/mol. The molecule has 34 heavy (non-hydrogen) atoms.